The third-order valence-electron chi connectivity index (χ3n) is 3.80. The summed E-state index contributed by atoms with van der Waals surface area (Å²) in [6.07, 6.45) is 1.41. The molecule has 0 radical (unpaired) electrons. The highest BCUT2D eigenvalue weighted by Crippen LogP contribution is 2.44. The van der Waals surface area contributed by atoms with Crippen molar-refractivity contribution in [2.75, 3.05) is 5.32 Å². The molecule has 18 heavy (non-hydrogen) atoms. The van der Waals surface area contributed by atoms with Crippen molar-refractivity contribution in [1.29, 1.82) is 0 Å². The van der Waals surface area contributed by atoms with Gasteiger partial charge in [-0.3, -0.25) is 0 Å². The number of carbonyl (C=O) groups is 1. The van der Waals surface area contributed by atoms with Gasteiger partial charge < -0.3 is 10.4 Å². The Balaban J connectivity index is 2.09. The van der Waals surface area contributed by atoms with Crippen LogP contribution in [0.2, 0.25) is 0 Å². The number of halogens is 1. The van der Waals surface area contributed by atoms with E-state index >= 15 is 0 Å². The monoisotopic (exact) mass is 311 g/mol. The fraction of sp³-hybridized carbons (Fsp3) is 0.500. The van der Waals surface area contributed by atoms with E-state index in [1.807, 2.05) is 24.3 Å². The highest BCUT2D eigenvalue weighted by Gasteiger charge is 2.51. The second-order valence-corrected chi connectivity index (χ2v) is 6.35. The summed E-state index contributed by atoms with van der Waals surface area (Å²) in [4.78, 5) is 11.5. The van der Waals surface area contributed by atoms with Crippen LogP contribution in [0.1, 0.15) is 26.7 Å². The van der Waals surface area contributed by atoms with Crippen molar-refractivity contribution < 1.29 is 9.90 Å². The summed E-state index contributed by atoms with van der Waals surface area (Å²) >= 11 is 3.37. The molecule has 1 aliphatic rings. The van der Waals surface area contributed by atoms with Crippen molar-refractivity contribution >= 4 is 27.6 Å². The summed E-state index contributed by atoms with van der Waals surface area (Å²) in [6, 6.07) is 7.63. The van der Waals surface area contributed by atoms with Crippen LogP contribution in [0.5, 0.6) is 0 Å². The normalized spacial score (nSPS) is 26.8. The quantitative estimate of drug-likeness (QED) is 0.890. The van der Waals surface area contributed by atoms with Gasteiger partial charge in [0.2, 0.25) is 0 Å². The molecule has 4 heteroatoms. The number of rotatable bonds is 4. The van der Waals surface area contributed by atoms with Crippen LogP contribution >= 0.6 is 15.9 Å². The predicted octanol–water partition coefficient (Wildman–Crippen LogP) is 3.75. The van der Waals surface area contributed by atoms with Gasteiger partial charge in [0.25, 0.3) is 0 Å². The van der Waals surface area contributed by atoms with Gasteiger partial charge in [0.05, 0.1) is 0 Å². The Morgan fingerprint density at radius 3 is 2.39 bits per heavy atom. The van der Waals surface area contributed by atoms with Crippen molar-refractivity contribution in [1.82, 2.24) is 0 Å². The highest BCUT2D eigenvalue weighted by atomic mass is 79.9. The van der Waals surface area contributed by atoms with Gasteiger partial charge in [-0.15, -0.1) is 0 Å². The molecule has 0 aromatic heterocycles. The second-order valence-electron chi connectivity index (χ2n) is 5.43. The third kappa shape index (κ3) is 2.53. The molecule has 2 rings (SSSR count). The van der Waals surface area contributed by atoms with Crippen molar-refractivity contribution in [3.8, 4) is 0 Å². The molecule has 0 atom stereocenters. The molecule has 0 heterocycles. The Hall–Kier alpha value is -1.03. The molecule has 0 aliphatic heterocycles. The molecule has 0 spiro atoms. The lowest BCUT2D eigenvalue weighted by Gasteiger charge is -2.47. The average Bonchev–Trinajstić information content (AvgIpc) is 2.24. The Bertz CT molecular complexity index is 436. The number of anilines is 1. The van der Waals surface area contributed by atoms with Crippen LogP contribution in [0.4, 0.5) is 5.69 Å². The first-order valence-corrected chi connectivity index (χ1v) is 6.99. The van der Waals surface area contributed by atoms with Crippen molar-refractivity contribution in [3.05, 3.63) is 28.7 Å². The van der Waals surface area contributed by atoms with Crippen LogP contribution < -0.4 is 5.32 Å². The Kier molecular flexibility index (Phi) is 3.66. The van der Waals surface area contributed by atoms with Gasteiger partial charge in [0.1, 0.15) is 5.54 Å². The van der Waals surface area contributed by atoms with Crippen LogP contribution in [0, 0.1) is 11.8 Å². The number of carboxylic acid groups (broad SMARTS) is 1. The topological polar surface area (TPSA) is 49.3 Å². The second kappa shape index (κ2) is 4.92. The highest BCUT2D eigenvalue weighted by molar-refractivity contribution is 9.10. The number of carboxylic acids is 1. The molecule has 2 N–H and O–H groups in total. The summed E-state index contributed by atoms with van der Waals surface area (Å²) in [5.74, 6) is 0.301. The number of nitrogens with one attached hydrogen (secondary N) is 1. The Morgan fingerprint density at radius 2 is 1.94 bits per heavy atom. The molecule has 1 aliphatic carbocycles. The van der Waals surface area contributed by atoms with Crippen molar-refractivity contribution in [3.63, 3.8) is 0 Å². The Morgan fingerprint density at radius 1 is 1.39 bits per heavy atom. The van der Waals surface area contributed by atoms with E-state index in [2.05, 4.69) is 35.1 Å². The van der Waals surface area contributed by atoms with E-state index < -0.39 is 11.5 Å². The minimum atomic E-state index is -0.775. The van der Waals surface area contributed by atoms with E-state index in [-0.39, 0.29) is 0 Å². The maximum Gasteiger partial charge on any atom is 0.329 e. The predicted molar refractivity (Wildman–Crippen MR) is 75.7 cm³/mol. The first-order valence-electron chi connectivity index (χ1n) is 6.20. The van der Waals surface area contributed by atoms with E-state index in [0.717, 1.165) is 10.2 Å². The zero-order chi connectivity index (χ0) is 13.3. The van der Waals surface area contributed by atoms with Gasteiger partial charge in [-0.1, -0.05) is 29.8 Å². The fourth-order valence-electron chi connectivity index (χ4n) is 2.45. The van der Waals surface area contributed by atoms with Crippen LogP contribution in [0.25, 0.3) is 0 Å². The summed E-state index contributed by atoms with van der Waals surface area (Å²) in [7, 11) is 0. The van der Waals surface area contributed by atoms with Crippen molar-refractivity contribution in [2.24, 2.45) is 11.8 Å². The minimum Gasteiger partial charge on any atom is -0.480 e. The molecular formula is C14H18BrNO2. The first kappa shape index (κ1) is 13.4. The fourth-order valence-corrected chi connectivity index (χ4v) is 2.71. The first-order chi connectivity index (χ1) is 8.43. The van der Waals surface area contributed by atoms with Gasteiger partial charge in [0, 0.05) is 10.2 Å². The molecule has 1 saturated carbocycles. The van der Waals surface area contributed by atoms with E-state index in [0.29, 0.717) is 24.7 Å². The number of hydrogen-bond donors (Lipinski definition) is 2. The van der Waals surface area contributed by atoms with E-state index in [4.69, 9.17) is 0 Å². The van der Waals surface area contributed by atoms with Gasteiger partial charge >= 0.3 is 5.97 Å². The van der Waals surface area contributed by atoms with Gasteiger partial charge in [-0.2, -0.15) is 0 Å². The molecule has 1 fully saturated rings. The molecule has 0 bridgehead atoms. The average molecular weight is 312 g/mol. The molecule has 1 aromatic carbocycles. The largest absolute Gasteiger partial charge is 0.480 e. The summed E-state index contributed by atoms with van der Waals surface area (Å²) in [5, 5.41) is 12.6. The maximum absolute atomic E-state index is 11.5. The zero-order valence-corrected chi connectivity index (χ0v) is 12.2. The standard InChI is InChI=1S/C14H18BrNO2/c1-9(2)10-7-14(8-10,13(17)18)16-12-5-3-11(15)4-6-12/h3-6,9-10,16H,7-8H2,1-2H3,(H,17,18). The maximum atomic E-state index is 11.5. The van der Waals surface area contributed by atoms with Gasteiger partial charge in [-0.25, -0.2) is 4.79 Å². The lowest BCUT2D eigenvalue weighted by molar-refractivity contribution is -0.148. The van der Waals surface area contributed by atoms with E-state index in [1.54, 1.807) is 0 Å². The summed E-state index contributed by atoms with van der Waals surface area (Å²) < 4.78 is 0.992. The third-order valence-corrected chi connectivity index (χ3v) is 4.33. The molecule has 1 aromatic rings. The minimum absolute atomic E-state index is 0.504. The SMILES string of the molecule is CC(C)C1CC(Nc2ccc(Br)cc2)(C(=O)O)C1. The van der Waals surface area contributed by atoms with Crippen molar-refractivity contribution in [2.45, 2.75) is 32.2 Å². The van der Waals surface area contributed by atoms with E-state index in [9.17, 15) is 9.90 Å². The number of benzene rings is 1. The molecular weight excluding hydrogens is 294 g/mol. The smallest absolute Gasteiger partial charge is 0.329 e. The molecule has 0 amide bonds. The lowest BCUT2D eigenvalue weighted by Crippen LogP contribution is -2.57. The number of hydrogen-bond acceptors (Lipinski definition) is 2. The van der Waals surface area contributed by atoms with Crippen LogP contribution in [0.3, 0.4) is 0 Å². The lowest BCUT2D eigenvalue weighted by atomic mass is 9.64. The van der Waals surface area contributed by atoms with Crippen LogP contribution in [0.15, 0.2) is 28.7 Å². The summed E-state index contributed by atoms with van der Waals surface area (Å²) in [6.45, 7) is 4.30. The van der Waals surface area contributed by atoms with E-state index in [1.165, 1.54) is 0 Å². The van der Waals surface area contributed by atoms with Crippen LogP contribution in [-0.2, 0) is 4.79 Å². The Labute approximate surface area is 116 Å². The van der Waals surface area contributed by atoms with Gasteiger partial charge in [0.15, 0.2) is 0 Å². The molecule has 98 valence electrons. The molecule has 0 saturated heterocycles. The number of aliphatic carboxylic acids is 1. The molecule has 0 unspecified atom stereocenters. The van der Waals surface area contributed by atoms with Crippen LogP contribution in [-0.4, -0.2) is 16.6 Å². The zero-order valence-electron chi connectivity index (χ0n) is 10.6. The van der Waals surface area contributed by atoms with Gasteiger partial charge in [-0.05, 0) is 48.9 Å². The summed E-state index contributed by atoms with van der Waals surface area (Å²) in [5.41, 5.74) is 0.0887. The molecule has 3 nitrogen and oxygen atoms in total.